The third-order valence-electron chi connectivity index (χ3n) is 6.55. The van der Waals surface area contributed by atoms with Gasteiger partial charge in [-0.25, -0.2) is 15.0 Å². The molecular formula is C27H30BrN7O2. The number of nitrogens with zero attached hydrogens (tertiary/aromatic N) is 6. The number of benzene rings is 1. The molecule has 4 heterocycles. The van der Waals surface area contributed by atoms with Crippen LogP contribution in [0.2, 0.25) is 0 Å². The maximum atomic E-state index is 6.23. The summed E-state index contributed by atoms with van der Waals surface area (Å²) in [5, 5.41) is 9.78. The average Bonchev–Trinajstić information content (AvgIpc) is 2.93. The summed E-state index contributed by atoms with van der Waals surface area (Å²) in [4.78, 5) is 15.6. The zero-order valence-electron chi connectivity index (χ0n) is 20.8. The molecule has 5 rings (SSSR count). The molecule has 9 nitrogen and oxygen atoms in total. The molecule has 0 spiro atoms. The molecule has 1 aliphatic rings. The Bertz CT molecular complexity index is 1340. The largest absolute Gasteiger partial charge is 0.383 e. The number of ether oxygens (including phenoxy) is 2. The van der Waals surface area contributed by atoms with Gasteiger partial charge in [-0.15, -0.1) is 10.2 Å². The lowest BCUT2D eigenvalue weighted by atomic mass is 9.98. The summed E-state index contributed by atoms with van der Waals surface area (Å²) in [6.07, 6.45) is 3.57. The van der Waals surface area contributed by atoms with E-state index in [-0.39, 0.29) is 0 Å². The fourth-order valence-electron chi connectivity index (χ4n) is 4.57. The highest BCUT2D eigenvalue weighted by Crippen LogP contribution is 2.34. The Morgan fingerprint density at radius 2 is 1.84 bits per heavy atom. The number of hydrogen-bond acceptors (Lipinski definition) is 9. The Hall–Kier alpha value is -3.21. The van der Waals surface area contributed by atoms with Crippen LogP contribution in [-0.2, 0) is 9.47 Å². The minimum absolute atomic E-state index is 0.392. The number of halogens is 1. The first kappa shape index (κ1) is 25.4. The molecule has 0 radical (unpaired) electrons. The fraction of sp³-hybridized carbons (Fsp3) is 0.370. The van der Waals surface area contributed by atoms with Crippen molar-refractivity contribution in [1.29, 1.82) is 0 Å². The van der Waals surface area contributed by atoms with Gasteiger partial charge in [-0.1, -0.05) is 28.1 Å². The average molecular weight is 564 g/mol. The number of hydrogen-bond donors (Lipinski definition) is 1. The summed E-state index contributed by atoms with van der Waals surface area (Å²) in [6, 6.07) is 14.0. The summed E-state index contributed by atoms with van der Waals surface area (Å²) in [5.41, 5.74) is 10.00. The monoisotopic (exact) mass is 563 g/mol. The molecule has 0 aliphatic carbocycles. The van der Waals surface area contributed by atoms with Gasteiger partial charge in [0.25, 0.3) is 0 Å². The van der Waals surface area contributed by atoms with E-state index in [0.29, 0.717) is 42.0 Å². The lowest BCUT2D eigenvalue weighted by Crippen LogP contribution is -2.35. The van der Waals surface area contributed by atoms with E-state index in [0.717, 1.165) is 65.9 Å². The summed E-state index contributed by atoms with van der Waals surface area (Å²) in [6.45, 7) is 6.70. The SMILES string of the molecule is CCOCCOCC1CCN(c2ccc(-c3cc(-c4cccc(Br)c4)c4c(N)ncnc4n3)nn2)CC1. The number of aromatic nitrogens is 5. The molecule has 3 aromatic heterocycles. The topological polar surface area (TPSA) is 112 Å². The first-order chi connectivity index (χ1) is 18.1. The molecule has 1 aliphatic heterocycles. The molecule has 192 valence electrons. The summed E-state index contributed by atoms with van der Waals surface area (Å²) < 4.78 is 12.1. The van der Waals surface area contributed by atoms with Gasteiger partial charge in [-0.3, -0.25) is 0 Å². The first-order valence-electron chi connectivity index (χ1n) is 12.5. The van der Waals surface area contributed by atoms with E-state index in [1.807, 2.05) is 49.4 Å². The summed E-state index contributed by atoms with van der Waals surface area (Å²) >= 11 is 3.56. The number of nitrogens with two attached hydrogens (primary N) is 1. The number of pyridine rings is 1. The van der Waals surface area contributed by atoms with Crippen molar-refractivity contribution in [3.05, 3.63) is 53.3 Å². The van der Waals surface area contributed by atoms with Gasteiger partial charge < -0.3 is 20.1 Å². The van der Waals surface area contributed by atoms with Crippen LogP contribution < -0.4 is 10.6 Å². The second-order valence-electron chi connectivity index (χ2n) is 9.00. The van der Waals surface area contributed by atoms with Crippen LogP contribution in [0.3, 0.4) is 0 Å². The second-order valence-corrected chi connectivity index (χ2v) is 9.92. The van der Waals surface area contributed by atoms with Crippen LogP contribution in [0.25, 0.3) is 33.5 Å². The predicted molar refractivity (Wildman–Crippen MR) is 148 cm³/mol. The normalized spacial score (nSPS) is 14.4. The molecule has 2 N–H and O–H groups in total. The molecule has 1 fully saturated rings. The van der Waals surface area contributed by atoms with Crippen LogP contribution in [0.5, 0.6) is 0 Å². The zero-order valence-corrected chi connectivity index (χ0v) is 22.4. The van der Waals surface area contributed by atoms with Gasteiger partial charge in [-0.2, -0.15) is 0 Å². The quantitative estimate of drug-likeness (QED) is 0.288. The highest BCUT2D eigenvalue weighted by atomic mass is 79.9. The van der Waals surface area contributed by atoms with Crippen molar-refractivity contribution in [2.24, 2.45) is 5.92 Å². The molecule has 1 aromatic carbocycles. The van der Waals surface area contributed by atoms with Gasteiger partial charge in [0, 0.05) is 30.8 Å². The molecule has 0 atom stereocenters. The molecule has 37 heavy (non-hydrogen) atoms. The van der Waals surface area contributed by atoms with E-state index in [1.54, 1.807) is 0 Å². The van der Waals surface area contributed by atoms with Crippen molar-refractivity contribution in [2.45, 2.75) is 19.8 Å². The van der Waals surface area contributed by atoms with Crippen LogP contribution in [-0.4, -0.2) is 64.7 Å². The van der Waals surface area contributed by atoms with Gasteiger partial charge >= 0.3 is 0 Å². The van der Waals surface area contributed by atoms with Gasteiger partial charge in [0.15, 0.2) is 11.5 Å². The smallest absolute Gasteiger partial charge is 0.165 e. The van der Waals surface area contributed by atoms with E-state index in [9.17, 15) is 0 Å². The van der Waals surface area contributed by atoms with E-state index >= 15 is 0 Å². The van der Waals surface area contributed by atoms with Crippen molar-refractivity contribution in [3.8, 4) is 22.5 Å². The van der Waals surface area contributed by atoms with Crippen molar-refractivity contribution in [3.63, 3.8) is 0 Å². The third kappa shape index (κ3) is 6.03. The fourth-order valence-corrected chi connectivity index (χ4v) is 4.97. The van der Waals surface area contributed by atoms with E-state index < -0.39 is 0 Å². The number of piperidine rings is 1. The van der Waals surface area contributed by atoms with Crippen LogP contribution in [0.15, 0.2) is 53.3 Å². The van der Waals surface area contributed by atoms with E-state index in [1.165, 1.54) is 6.33 Å². The Balaban J connectivity index is 1.32. The molecule has 0 bridgehead atoms. The zero-order chi connectivity index (χ0) is 25.6. The number of anilines is 2. The van der Waals surface area contributed by atoms with Gasteiger partial charge in [0.1, 0.15) is 17.8 Å². The highest BCUT2D eigenvalue weighted by molar-refractivity contribution is 9.10. The predicted octanol–water partition coefficient (Wildman–Crippen LogP) is 4.76. The number of nitrogen functional groups attached to an aromatic ring is 1. The van der Waals surface area contributed by atoms with Crippen LogP contribution in [0.4, 0.5) is 11.6 Å². The molecule has 0 unspecified atom stereocenters. The number of fused-ring (bicyclic) bond motifs is 1. The van der Waals surface area contributed by atoms with Crippen LogP contribution >= 0.6 is 15.9 Å². The van der Waals surface area contributed by atoms with Crippen molar-refractivity contribution in [2.75, 3.05) is 50.2 Å². The molecule has 1 saturated heterocycles. The second kappa shape index (κ2) is 11.9. The molecule has 0 saturated carbocycles. The van der Waals surface area contributed by atoms with Crippen molar-refractivity contribution < 1.29 is 9.47 Å². The van der Waals surface area contributed by atoms with Crippen molar-refractivity contribution in [1.82, 2.24) is 25.1 Å². The third-order valence-corrected chi connectivity index (χ3v) is 7.04. The Morgan fingerprint density at radius 1 is 1.00 bits per heavy atom. The minimum atomic E-state index is 0.392. The molecule has 4 aromatic rings. The maximum absolute atomic E-state index is 6.23. The van der Waals surface area contributed by atoms with Gasteiger partial charge in [0.05, 0.1) is 24.3 Å². The highest BCUT2D eigenvalue weighted by Gasteiger charge is 2.21. The Kier molecular flexibility index (Phi) is 8.18. The van der Waals surface area contributed by atoms with E-state index in [2.05, 4.69) is 41.0 Å². The van der Waals surface area contributed by atoms with Crippen molar-refractivity contribution >= 4 is 38.6 Å². The van der Waals surface area contributed by atoms with E-state index in [4.69, 9.17) is 20.2 Å². The minimum Gasteiger partial charge on any atom is -0.383 e. The Morgan fingerprint density at radius 3 is 2.59 bits per heavy atom. The summed E-state index contributed by atoms with van der Waals surface area (Å²) in [5.74, 6) is 1.83. The van der Waals surface area contributed by atoms with Gasteiger partial charge in [0.2, 0.25) is 0 Å². The molecular weight excluding hydrogens is 534 g/mol. The standard InChI is InChI=1S/C27H30BrN7O2/c1-2-36-12-13-37-16-18-8-10-35(11-9-18)24-7-6-22(33-34-24)23-15-21(19-4-3-5-20(28)14-19)25-26(29)30-17-31-27(25)32-23/h3-7,14-15,17-18H,2,8-13,16H2,1H3,(H2,29,30,31,32). The Labute approximate surface area is 224 Å². The summed E-state index contributed by atoms with van der Waals surface area (Å²) in [7, 11) is 0. The molecule has 10 heteroatoms. The van der Waals surface area contributed by atoms with Crippen LogP contribution in [0, 0.1) is 5.92 Å². The molecule has 0 amide bonds. The lowest BCUT2D eigenvalue weighted by Gasteiger charge is -2.32. The van der Waals surface area contributed by atoms with Crippen LogP contribution in [0.1, 0.15) is 19.8 Å². The number of rotatable bonds is 9. The maximum Gasteiger partial charge on any atom is 0.165 e. The van der Waals surface area contributed by atoms with Gasteiger partial charge in [-0.05, 0) is 67.1 Å². The lowest BCUT2D eigenvalue weighted by molar-refractivity contribution is 0.0336. The first-order valence-corrected chi connectivity index (χ1v) is 13.3.